The molecule has 2 rings (SSSR count). The van der Waals surface area contributed by atoms with Crippen LogP contribution in [0.4, 0.5) is 0 Å². The summed E-state index contributed by atoms with van der Waals surface area (Å²) in [6.45, 7) is 2.85. The molecule has 0 bridgehead atoms. The normalized spacial score (nSPS) is 21.7. The van der Waals surface area contributed by atoms with Crippen molar-refractivity contribution >= 4 is 11.8 Å². The molecule has 1 aliphatic heterocycles. The molecule has 6 heteroatoms. The maximum absolute atomic E-state index is 12.4. The minimum atomic E-state index is -0.606. The molecule has 0 spiro atoms. The van der Waals surface area contributed by atoms with Crippen LogP contribution in [0, 0.1) is 5.92 Å². The van der Waals surface area contributed by atoms with Gasteiger partial charge in [0, 0.05) is 39.7 Å². The van der Waals surface area contributed by atoms with E-state index in [1.165, 1.54) is 25.7 Å². The molecule has 0 aromatic rings. The number of carbonyl (C=O) groups excluding carboxylic acids is 2. The van der Waals surface area contributed by atoms with Gasteiger partial charge in [0.15, 0.2) is 0 Å². The lowest BCUT2D eigenvalue weighted by atomic mass is 10.0. The van der Waals surface area contributed by atoms with Crippen LogP contribution >= 0.6 is 0 Å². The number of nitrogens with zero attached hydrogens (tertiary/aromatic N) is 2. The van der Waals surface area contributed by atoms with Crippen molar-refractivity contribution < 1.29 is 14.3 Å². The quantitative estimate of drug-likeness (QED) is 0.807. The van der Waals surface area contributed by atoms with Gasteiger partial charge in [-0.3, -0.25) is 9.59 Å². The van der Waals surface area contributed by atoms with Crippen LogP contribution in [0.15, 0.2) is 0 Å². The zero-order valence-electron chi connectivity index (χ0n) is 13.6. The number of nitrogens with two attached hydrogens (primary N) is 1. The van der Waals surface area contributed by atoms with Gasteiger partial charge in [-0.25, -0.2) is 0 Å². The molecule has 0 aromatic carbocycles. The molecule has 2 aliphatic rings. The lowest BCUT2D eigenvalue weighted by Gasteiger charge is -2.25. The first-order valence-electron chi connectivity index (χ1n) is 8.43. The molecular weight excluding hydrogens is 282 g/mol. The lowest BCUT2D eigenvalue weighted by molar-refractivity contribution is -0.135. The fourth-order valence-corrected chi connectivity index (χ4v) is 3.46. The second-order valence-corrected chi connectivity index (χ2v) is 6.48. The van der Waals surface area contributed by atoms with E-state index >= 15 is 0 Å². The summed E-state index contributed by atoms with van der Waals surface area (Å²) in [7, 11) is 1.54. The molecule has 1 heterocycles. The van der Waals surface area contributed by atoms with Crippen LogP contribution in [0.1, 0.15) is 38.5 Å². The summed E-state index contributed by atoms with van der Waals surface area (Å²) in [5, 5.41) is 0. The molecule has 126 valence electrons. The van der Waals surface area contributed by atoms with Crippen molar-refractivity contribution in [2.24, 2.45) is 11.7 Å². The van der Waals surface area contributed by atoms with Gasteiger partial charge in [-0.1, -0.05) is 12.8 Å². The average molecular weight is 311 g/mol. The van der Waals surface area contributed by atoms with Gasteiger partial charge in [0.2, 0.25) is 11.8 Å². The predicted octanol–water partition coefficient (Wildman–Crippen LogP) is 0.601. The van der Waals surface area contributed by atoms with Gasteiger partial charge in [-0.15, -0.1) is 0 Å². The van der Waals surface area contributed by atoms with Crippen molar-refractivity contribution in [3.8, 4) is 0 Å². The van der Waals surface area contributed by atoms with Crippen LogP contribution in [0.2, 0.25) is 0 Å². The highest BCUT2D eigenvalue weighted by Crippen LogP contribution is 2.28. The molecule has 6 nitrogen and oxygen atoms in total. The van der Waals surface area contributed by atoms with Gasteiger partial charge in [-0.05, 0) is 25.2 Å². The SMILES string of the molecule is COCC(N)C(=O)N1CCCN(C(=O)CC2CCCC2)CC1. The Bertz CT molecular complexity index is 383. The summed E-state index contributed by atoms with van der Waals surface area (Å²) < 4.78 is 4.94. The number of methoxy groups -OCH3 is 1. The third kappa shape index (κ3) is 4.68. The zero-order chi connectivity index (χ0) is 15.9. The Balaban J connectivity index is 1.81. The van der Waals surface area contributed by atoms with Crippen LogP contribution in [0.5, 0.6) is 0 Å². The summed E-state index contributed by atoms with van der Waals surface area (Å²) in [5.41, 5.74) is 5.82. The summed E-state index contributed by atoms with van der Waals surface area (Å²) in [4.78, 5) is 28.3. The number of ether oxygens (including phenoxy) is 1. The number of rotatable bonds is 5. The van der Waals surface area contributed by atoms with Crippen molar-refractivity contribution in [3.05, 3.63) is 0 Å². The van der Waals surface area contributed by atoms with E-state index in [4.69, 9.17) is 10.5 Å². The molecule has 2 amide bonds. The Labute approximate surface area is 132 Å². The van der Waals surface area contributed by atoms with Crippen molar-refractivity contribution in [2.75, 3.05) is 39.9 Å². The average Bonchev–Trinajstić information content (AvgIpc) is 2.88. The van der Waals surface area contributed by atoms with Gasteiger partial charge in [0.05, 0.1) is 6.61 Å². The van der Waals surface area contributed by atoms with Gasteiger partial charge in [0.25, 0.3) is 0 Å². The van der Waals surface area contributed by atoms with Crippen molar-refractivity contribution in [1.82, 2.24) is 9.80 Å². The highest BCUT2D eigenvalue weighted by atomic mass is 16.5. The van der Waals surface area contributed by atoms with E-state index in [9.17, 15) is 9.59 Å². The summed E-state index contributed by atoms with van der Waals surface area (Å²) in [6.07, 6.45) is 6.40. The van der Waals surface area contributed by atoms with Crippen molar-refractivity contribution in [3.63, 3.8) is 0 Å². The first-order chi connectivity index (χ1) is 10.6. The maximum Gasteiger partial charge on any atom is 0.241 e. The topological polar surface area (TPSA) is 75.9 Å². The lowest BCUT2D eigenvalue weighted by Crippen LogP contribution is -2.47. The van der Waals surface area contributed by atoms with Gasteiger partial charge < -0.3 is 20.3 Å². The molecule has 1 aliphatic carbocycles. The van der Waals surface area contributed by atoms with E-state index in [-0.39, 0.29) is 18.4 Å². The number of hydrogen-bond donors (Lipinski definition) is 1. The second kappa shape index (κ2) is 8.48. The van der Waals surface area contributed by atoms with Gasteiger partial charge in [0.1, 0.15) is 6.04 Å². The van der Waals surface area contributed by atoms with E-state index in [1.807, 2.05) is 4.90 Å². The van der Waals surface area contributed by atoms with Crippen molar-refractivity contribution in [2.45, 2.75) is 44.6 Å². The van der Waals surface area contributed by atoms with E-state index < -0.39 is 6.04 Å². The molecule has 2 fully saturated rings. The monoisotopic (exact) mass is 311 g/mol. The van der Waals surface area contributed by atoms with E-state index in [0.29, 0.717) is 32.0 Å². The van der Waals surface area contributed by atoms with Crippen LogP contribution in [0.3, 0.4) is 0 Å². The van der Waals surface area contributed by atoms with Crippen LogP contribution in [-0.4, -0.2) is 67.6 Å². The molecule has 2 N–H and O–H groups in total. The van der Waals surface area contributed by atoms with Crippen LogP contribution < -0.4 is 5.73 Å². The molecule has 1 unspecified atom stereocenters. The molecule has 0 aromatic heterocycles. The molecule has 1 saturated carbocycles. The fraction of sp³-hybridized carbons (Fsp3) is 0.875. The third-order valence-corrected chi connectivity index (χ3v) is 4.76. The molecule has 22 heavy (non-hydrogen) atoms. The number of hydrogen-bond acceptors (Lipinski definition) is 4. The number of amides is 2. The molecule has 0 radical (unpaired) electrons. The fourth-order valence-electron chi connectivity index (χ4n) is 3.46. The van der Waals surface area contributed by atoms with Crippen molar-refractivity contribution in [1.29, 1.82) is 0 Å². The highest BCUT2D eigenvalue weighted by Gasteiger charge is 2.27. The Morgan fingerprint density at radius 1 is 1.09 bits per heavy atom. The summed E-state index contributed by atoms with van der Waals surface area (Å²) in [6, 6.07) is -0.606. The first-order valence-corrected chi connectivity index (χ1v) is 8.43. The Hall–Kier alpha value is -1.14. The zero-order valence-corrected chi connectivity index (χ0v) is 13.6. The van der Waals surface area contributed by atoms with Crippen LogP contribution in [0.25, 0.3) is 0 Å². The molecular formula is C16H29N3O3. The number of carbonyl (C=O) groups is 2. The third-order valence-electron chi connectivity index (χ3n) is 4.76. The smallest absolute Gasteiger partial charge is 0.241 e. The van der Waals surface area contributed by atoms with E-state index in [1.54, 1.807) is 12.0 Å². The molecule has 1 saturated heterocycles. The highest BCUT2D eigenvalue weighted by molar-refractivity contribution is 5.82. The minimum absolute atomic E-state index is 0.0769. The van der Waals surface area contributed by atoms with Gasteiger partial charge >= 0.3 is 0 Å². The van der Waals surface area contributed by atoms with E-state index in [0.717, 1.165) is 13.0 Å². The van der Waals surface area contributed by atoms with Crippen LogP contribution in [-0.2, 0) is 14.3 Å². The van der Waals surface area contributed by atoms with Gasteiger partial charge in [-0.2, -0.15) is 0 Å². The van der Waals surface area contributed by atoms with E-state index in [2.05, 4.69) is 0 Å². The standard InChI is InChI=1S/C16H29N3O3/c1-22-12-14(17)16(21)19-8-4-7-18(9-10-19)15(20)11-13-5-2-3-6-13/h13-14H,2-12,17H2,1H3. The predicted molar refractivity (Wildman–Crippen MR) is 84.2 cm³/mol. The maximum atomic E-state index is 12.4. The summed E-state index contributed by atoms with van der Waals surface area (Å²) >= 11 is 0. The summed E-state index contributed by atoms with van der Waals surface area (Å²) in [5.74, 6) is 0.748. The first kappa shape index (κ1) is 17.2. The Kier molecular flexibility index (Phi) is 6.64. The minimum Gasteiger partial charge on any atom is -0.383 e. The second-order valence-electron chi connectivity index (χ2n) is 6.48. The Morgan fingerprint density at radius 3 is 2.41 bits per heavy atom. The largest absolute Gasteiger partial charge is 0.383 e. The molecule has 1 atom stereocenters. The Morgan fingerprint density at radius 2 is 1.73 bits per heavy atom.